The lowest BCUT2D eigenvalue weighted by atomic mass is 10.0. The number of benzene rings is 1. The Labute approximate surface area is 203 Å². The van der Waals surface area contributed by atoms with Crippen LogP contribution in [-0.2, 0) is 11.2 Å². The fourth-order valence-electron chi connectivity index (χ4n) is 5.63. The number of carbonyl (C=O) groups is 1. The molecule has 6 nitrogen and oxygen atoms in total. The fourth-order valence-corrected chi connectivity index (χ4v) is 5.88. The molecule has 2 aromatic rings. The number of hydrogen-bond donors (Lipinski definition) is 0. The second kappa shape index (κ2) is 8.05. The maximum absolute atomic E-state index is 15.4. The molecule has 1 aromatic heterocycles. The highest BCUT2D eigenvalue weighted by molar-refractivity contribution is 6.34. The first-order valence-corrected chi connectivity index (χ1v) is 11.9. The molecule has 9 heteroatoms. The molecule has 34 heavy (non-hydrogen) atoms. The van der Waals surface area contributed by atoms with Crippen LogP contribution >= 0.6 is 11.6 Å². The third-order valence-corrected chi connectivity index (χ3v) is 7.31. The molecule has 2 atom stereocenters. The van der Waals surface area contributed by atoms with E-state index in [2.05, 4.69) is 21.8 Å². The fraction of sp³-hybridized carbons (Fsp3) is 0.520. The predicted molar refractivity (Wildman–Crippen MR) is 129 cm³/mol. The van der Waals surface area contributed by atoms with E-state index < -0.39 is 23.3 Å². The molecular weight excluding hydrogens is 462 g/mol. The number of pyridine rings is 1. The number of ether oxygens (including phenoxy) is 1. The van der Waals surface area contributed by atoms with E-state index in [4.69, 9.17) is 16.3 Å². The van der Waals surface area contributed by atoms with Crippen LogP contribution in [0.3, 0.4) is 0 Å². The molecule has 0 N–H and O–H groups in total. The largest absolute Gasteiger partial charge is 0.443 e. The van der Waals surface area contributed by atoms with Crippen molar-refractivity contribution in [1.82, 2.24) is 9.88 Å². The molecule has 2 fully saturated rings. The summed E-state index contributed by atoms with van der Waals surface area (Å²) in [6.45, 7) is 7.97. The molecule has 2 aliphatic heterocycles. The molecule has 3 heterocycles. The molecule has 1 aromatic carbocycles. The number of likely N-dealkylation sites (N-methyl/N-ethyl adjacent to an activating group) is 1. The standard InChI is InChI=1S/C25H29ClF2N4O2/c1-25(2,3)34-24(33)31(5)18-9-16(27)22(28)20-14(18)8-17-21(20)23(15(26)10-29-17)32-7-6-13-11-30(4)12-19(13)32/h9-10,13,19H,6-8,11-12H2,1-5H3/t13-,19?/m0/s1. The molecule has 1 amide bonds. The molecule has 182 valence electrons. The number of aromatic nitrogens is 1. The molecule has 0 saturated carbocycles. The molecule has 5 rings (SSSR count). The third kappa shape index (κ3) is 3.71. The van der Waals surface area contributed by atoms with E-state index in [1.807, 2.05) is 0 Å². The van der Waals surface area contributed by atoms with Crippen molar-refractivity contribution in [2.45, 2.75) is 45.3 Å². The average molecular weight is 491 g/mol. The van der Waals surface area contributed by atoms with Gasteiger partial charge in [-0.05, 0) is 45.7 Å². The van der Waals surface area contributed by atoms with Crippen molar-refractivity contribution in [3.8, 4) is 11.1 Å². The number of nitrogens with zero attached hydrogens (tertiary/aromatic N) is 4. The van der Waals surface area contributed by atoms with Crippen LogP contribution in [0.5, 0.6) is 0 Å². The Hall–Kier alpha value is -2.45. The van der Waals surface area contributed by atoms with Gasteiger partial charge < -0.3 is 14.5 Å². The van der Waals surface area contributed by atoms with Gasteiger partial charge in [-0.3, -0.25) is 9.88 Å². The maximum Gasteiger partial charge on any atom is 0.414 e. The van der Waals surface area contributed by atoms with Crippen LogP contribution in [0.25, 0.3) is 11.1 Å². The van der Waals surface area contributed by atoms with Gasteiger partial charge in [-0.1, -0.05) is 11.6 Å². The van der Waals surface area contributed by atoms with Crippen molar-refractivity contribution < 1.29 is 18.3 Å². The molecule has 1 aliphatic carbocycles. The van der Waals surface area contributed by atoms with Crippen molar-refractivity contribution in [3.05, 3.63) is 40.2 Å². The number of fused-ring (bicyclic) bond motifs is 4. The van der Waals surface area contributed by atoms with Gasteiger partial charge in [0.2, 0.25) is 0 Å². The molecule has 0 spiro atoms. The normalized spacial score (nSPS) is 21.5. The Kier molecular flexibility index (Phi) is 5.52. The maximum atomic E-state index is 15.4. The smallest absolute Gasteiger partial charge is 0.414 e. The van der Waals surface area contributed by atoms with Crippen molar-refractivity contribution in [2.24, 2.45) is 5.92 Å². The topological polar surface area (TPSA) is 48.9 Å². The second-order valence-corrected chi connectivity index (χ2v) is 11.0. The zero-order valence-corrected chi connectivity index (χ0v) is 20.8. The second-order valence-electron chi connectivity index (χ2n) is 10.6. The molecular formula is C25H29ClF2N4O2. The minimum atomic E-state index is -1.03. The number of hydrogen-bond acceptors (Lipinski definition) is 5. The van der Waals surface area contributed by atoms with Crippen LogP contribution in [0.2, 0.25) is 5.02 Å². The van der Waals surface area contributed by atoms with Gasteiger partial charge in [0.05, 0.1) is 22.1 Å². The van der Waals surface area contributed by atoms with Crippen LogP contribution < -0.4 is 9.80 Å². The summed E-state index contributed by atoms with van der Waals surface area (Å²) >= 11 is 6.68. The molecule has 1 unspecified atom stereocenters. The van der Waals surface area contributed by atoms with Crippen LogP contribution in [0.1, 0.15) is 38.4 Å². The summed E-state index contributed by atoms with van der Waals surface area (Å²) in [6, 6.07) is 1.32. The van der Waals surface area contributed by atoms with Gasteiger partial charge in [0, 0.05) is 62.5 Å². The Bertz CT molecular complexity index is 1180. The van der Waals surface area contributed by atoms with E-state index in [0.717, 1.165) is 32.1 Å². The van der Waals surface area contributed by atoms with E-state index in [1.165, 1.54) is 11.9 Å². The number of anilines is 2. The summed E-state index contributed by atoms with van der Waals surface area (Å²) in [5.74, 6) is -1.46. The van der Waals surface area contributed by atoms with Crippen LogP contribution in [0, 0.1) is 17.6 Å². The first-order valence-electron chi connectivity index (χ1n) is 11.6. The van der Waals surface area contributed by atoms with Crippen LogP contribution in [0.4, 0.5) is 25.0 Å². The summed E-state index contributed by atoms with van der Waals surface area (Å²) < 4.78 is 35.8. The SMILES string of the molecule is CN1CC2[C@@H](CCN2c2c(Cl)cnc3c2-c2c(F)c(F)cc(N(C)C(=O)OC(C)(C)C)c2C3)C1. The summed E-state index contributed by atoms with van der Waals surface area (Å²) in [4.78, 5) is 23.0. The van der Waals surface area contributed by atoms with Crippen molar-refractivity contribution in [3.63, 3.8) is 0 Å². The van der Waals surface area contributed by atoms with Gasteiger partial charge in [0.25, 0.3) is 0 Å². The van der Waals surface area contributed by atoms with E-state index in [9.17, 15) is 9.18 Å². The lowest BCUT2D eigenvalue weighted by molar-refractivity contribution is 0.0589. The third-order valence-electron chi connectivity index (χ3n) is 7.03. The summed E-state index contributed by atoms with van der Waals surface area (Å²) in [5, 5.41) is 0.424. The lowest BCUT2D eigenvalue weighted by Gasteiger charge is -2.29. The Morgan fingerprint density at radius 2 is 2.00 bits per heavy atom. The number of likely N-dealkylation sites (tertiary alicyclic amines) is 1. The van der Waals surface area contributed by atoms with E-state index >= 15 is 4.39 Å². The summed E-state index contributed by atoms with van der Waals surface area (Å²) in [7, 11) is 3.60. The minimum absolute atomic E-state index is 0.139. The molecule has 3 aliphatic rings. The lowest BCUT2D eigenvalue weighted by Crippen LogP contribution is -2.35. The average Bonchev–Trinajstić information content (AvgIpc) is 3.41. The highest BCUT2D eigenvalue weighted by Crippen LogP contribution is 2.51. The summed E-state index contributed by atoms with van der Waals surface area (Å²) in [5.41, 5.74) is 2.07. The number of amides is 1. The zero-order valence-electron chi connectivity index (χ0n) is 20.1. The monoisotopic (exact) mass is 490 g/mol. The van der Waals surface area contributed by atoms with Crippen molar-refractivity contribution >= 4 is 29.1 Å². The first kappa shape index (κ1) is 23.3. The van der Waals surface area contributed by atoms with E-state index in [1.54, 1.807) is 27.0 Å². The highest BCUT2D eigenvalue weighted by atomic mass is 35.5. The minimum Gasteiger partial charge on any atom is -0.443 e. The Balaban J connectivity index is 1.64. The van der Waals surface area contributed by atoms with Crippen molar-refractivity contribution in [2.75, 3.05) is 43.5 Å². The Morgan fingerprint density at radius 3 is 2.71 bits per heavy atom. The first-order chi connectivity index (χ1) is 16.0. The molecule has 2 saturated heterocycles. The van der Waals surface area contributed by atoms with Gasteiger partial charge in [-0.2, -0.15) is 0 Å². The van der Waals surface area contributed by atoms with Gasteiger partial charge in [0.15, 0.2) is 11.6 Å². The van der Waals surface area contributed by atoms with Crippen LogP contribution in [-0.4, -0.2) is 61.3 Å². The predicted octanol–water partition coefficient (Wildman–Crippen LogP) is 5.10. The van der Waals surface area contributed by atoms with Gasteiger partial charge >= 0.3 is 6.09 Å². The van der Waals surface area contributed by atoms with Gasteiger partial charge in [0.1, 0.15) is 5.60 Å². The number of rotatable bonds is 2. The van der Waals surface area contributed by atoms with Crippen molar-refractivity contribution in [1.29, 1.82) is 0 Å². The molecule has 0 radical (unpaired) electrons. The van der Waals surface area contributed by atoms with E-state index in [-0.39, 0.29) is 23.7 Å². The quantitative estimate of drug-likeness (QED) is 0.500. The summed E-state index contributed by atoms with van der Waals surface area (Å²) in [6.07, 6.45) is 2.25. The molecule has 0 bridgehead atoms. The van der Waals surface area contributed by atoms with E-state index in [0.29, 0.717) is 33.4 Å². The van der Waals surface area contributed by atoms with Gasteiger partial charge in [-0.25, -0.2) is 13.6 Å². The number of halogens is 3. The van der Waals surface area contributed by atoms with Gasteiger partial charge in [-0.15, -0.1) is 0 Å². The zero-order chi connectivity index (χ0) is 24.5. The Morgan fingerprint density at radius 1 is 1.26 bits per heavy atom. The highest BCUT2D eigenvalue weighted by Gasteiger charge is 2.43. The number of carbonyl (C=O) groups excluding carboxylic acids is 1. The van der Waals surface area contributed by atoms with Crippen LogP contribution in [0.15, 0.2) is 12.3 Å².